The molecule has 4 nitrogen and oxygen atoms in total. The van der Waals surface area contributed by atoms with E-state index in [9.17, 15) is 9.59 Å². The minimum Gasteiger partial charge on any atom is -0.352 e. The van der Waals surface area contributed by atoms with Crippen molar-refractivity contribution in [3.63, 3.8) is 0 Å². The lowest BCUT2D eigenvalue weighted by molar-refractivity contribution is -0.134. The van der Waals surface area contributed by atoms with Gasteiger partial charge in [-0.15, -0.1) is 0 Å². The van der Waals surface area contributed by atoms with Gasteiger partial charge in [-0.25, -0.2) is 0 Å². The summed E-state index contributed by atoms with van der Waals surface area (Å²) in [5.41, 5.74) is 1.43. The van der Waals surface area contributed by atoms with Gasteiger partial charge in [-0.1, -0.05) is 11.6 Å². The monoisotopic (exact) mass is 266 g/mol. The fraction of sp³-hybridized carbons (Fsp3) is 0.733. The number of carbonyl (C=O) groups excluding carboxylic acids is 2. The summed E-state index contributed by atoms with van der Waals surface area (Å²) >= 11 is 0. The standard InChI is InChI=1S/C15H26N2O2/c1-12(2)16-15(19)11-17(13(3)18)10-9-14-7-5-4-6-8-14/h7,12H,4-6,8-11H2,1-3H3,(H,16,19). The van der Waals surface area contributed by atoms with Gasteiger partial charge in [-0.3, -0.25) is 9.59 Å². The molecule has 1 rings (SSSR count). The second-order valence-corrected chi connectivity index (χ2v) is 5.52. The predicted molar refractivity (Wildman–Crippen MR) is 76.7 cm³/mol. The van der Waals surface area contributed by atoms with Gasteiger partial charge in [0.1, 0.15) is 0 Å². The maximum absolute atomic E-state index is 11.7. The van der Waals surface area contributed by atoms with Gasteiger partial charge in [-0.2, -0.15) is 0 Å². The Morgan fingerprint density at radius 1 is 1.37 bits per heavy atom. The van der Waals surface area contributed by atoms with Crippen molar-refractivity contribution in [1.82, 2.24) is 10.2 Å². The Balaban J connectivity index is 2.42. The van der Waals surface area contributed by atoms with E-state index >= 15 is 0 Å². The van der Waals surface area contributed by atoms with Gasteiger partial charge < -0.3 is 10.2 Å². The van der Waals surface area contributed by atoms with E-state index in [0.29, 0.717) is 6.54 Å². The normalized spacial score (nSPS) is 15.1. The molecule has 0 aromatic heterocycles. The quantitative estimate of drug-likeness (QED) is 0.750. The van der Waals surface area contributed by atoms with Crippen LogP contribution in [0.2, 0.25) is 0 Å². The van der Waals surface area contributed by atoms with Gasteiger partial charge in [0.05, 0.1) is 6.54 Å². The molecule has 0 aromatic rings. The van der Waals surface area contributed by atoms with Crippen LogP contribution in [0, 0.1) is 0 Å². The summed E-state index contributed by atoms with van der Waals surface area (Å²) in [6.07, 6.45) is 8.01. The van der Waals surface area contributed by atoms with Crippen LogP contribution in [0.3, 0.4) is 0 Å². The fourth-order valence-electron chi connectivity index (χ4n) is 2.30. The molecular weight excluding hydrogens is 240 g/mol. The zero-order valence-corrected chi connectivity index (χ0v) is 12.4. The Morgan fingerprint density at radius 2 is 2.11 bits per heavy atom. The van der Waals surface area contributed by atoms with Crippen LogP contribution < -0.4 is 5.32 Å². The van der Waals surface area contributed by atoms with Gasteiger partial charge >= 0.3 is 0 Å². The molecule has 0 atom stereocenters. The van der Waals surface area contributed by atoms with E-state index in [1.807, 2.05) is 13.8 Å². The molecule has 0 saturated heterocycles. The van der Waals surface area contributed by atoms with E-state index in [2.05, 4.69) is 11.4 Å². The molecule has 0 aliphatic heterocycles. The summed E-state index contributed by atoms with van der Waals surface area (Å²) in [5, 5.41) is 2.82. The second kappa shape index (κ2) is 7.97. The summed E-state index contributed by atoms with van der Waals surface area (Å²) in [7, 11) is 0. The van der Waals surface area contributed by atoms with E-state index in [4.69, 9.17) is 0 Å². The Labute approximate surface area is 116 Å². The number of allylic oxidation sites excluding steroid dienone is 1. The molecule has 108 valence electrons. The van der Waals surface area contributed by atoms with Gasteiger partial charge in [0, 0.05) is 19.5 Å². The van der Waals surface area contributed by atoms with Crippen LogP contribution in [0.5, 0.6) is 0 Å². The van der Waals surface area contributed by atoms with Gasteiger partial charge in [0.15, 0.2) is 0 Å². The van der Waals surface area contributed by atoms with Crippen molar-refractivity contribution in [2.24, 2.45) is 0 Å². The van der Waals surface area contributed by atoms with Crippen molar-refractivity contribution in [3.05, 3.63) is 11.6 Å². The molecule has 0 heterocycles. The second-order valence-electron chi connectivity index (χ2n) is 5.52. The number of carbonyl (C=O) groups is 2. The number of hydrogen-bond acceptors (Lipinski definition) is 2. The summed E-state index contributed by atoms with van der Waals surface area (Å²) < 4.78 is 0. The molecule has 0 aromatic carbocycles. The maximum atomic E-state index is 11.7. The van der Waals surface area contributed by atoms with Crippen molar-refractivity contribution < 1.29 is 9.59 Å². The lowest BCUT2D eigenvalue weighted by Crippen LogP contribution is -2.42. The highest BCUT2D eigenvalue weighted by Gasteiger charge is 2.15. The van der Waals surface area contributed by atoms with E-state index in [0.717, 1.165) is 19.3 Å². The van der Waals surface area contributed by atoms with E-state index < -0.39 is 0 Å². The number of hydrogen-bond donors (Lipinski definition) is 1. The first-order chi connectivity index (χ1) is 8.99. The van der Waals surface area contributed by atoms with Crippen LogP contribution in [0.4, 0.5) is 0 Å². The first-order valence-electron chi connectivity index (χ1n) is 7.22. The number of rotatable bonds is 6. The number of nitrogens with one attached hydrogen (secondary N) is 1. The Morgan fingerprint density at radius 3 is 2.63 bits per heavy atom. The predicted octanol–water partition coefficient (Wildman–Crippen LogP) is 2.25. The fourth-order valence-corrected chi connectivity index (χ4v) is 2.30. The molecule has 0 spiro atoms. The highest BCUT2D eigenvalue weighted by molar-refractivity contribution is 5.83. The number of nitrogens with zero attached hydrogens (tertiary/aromatic N) is 1. The van der Waals surface area contributed by atoms with Crippen molar-refractivity contribution >= 4 is 11.8 Å². The van der Waals surface area contributed by atoms with Gasteiger partial charge in [0.25, 0.3) is 0 Å². The van der Waals surface area contributed by atoms with Gasteiger partial charge in [0.2, 0.25) is 11.8 Å². The SMILES string of the molecule is CC(=O)N(CCC1=CCCCC1)CC(=O)NC(C)C. The molecule has 4 heteroatoms. The van der Waals surface area contributed by atoms with Crippen LogP contribution in [0.15, 0.2) is 11.6 Å². The van der Waals surface area contributed by atoms with Crippen molar-refractivity contribution in [1.29, 1.82) is 0 Å². The summed E-state index contributed by atoms with van der Waals surface area (Å²) in [6.45, 7) is 6.18. The van der Waals surface area contributed by atoms with Crippen molar-refractivity contribution in [3.8, 4) is 0 Å². The zero-order valence-electron chi connectivity index (χ0n) is 12.4. The third-order valence-corrected chi connectivity index (χ3v) is 3.32. The Kier molecular flexibility index (Phi) is 6.60. The molecule has 1 aliphatic rings. The highest BCUT2D eigenvalue weighted by Crippen LogP contribution is 2.20. The molecule has 0 unspecified atom stereocenters. The minimum absolute atomic E-state index is 0.0321. The third-order valence-electron chi connectivity index (χ3n) is 3.32. The summed E-state index contributed by atoms with van der Waals surface area (Å²) in [4.78, 5) is 24.9. The minimum atomic E-state index is -0.0807. The Hall–Kier alpha value is -1.32. The first-order valence-corrected chi connectivity index (χ1v) is 7.22. The van der Waals surface area contributed by atoms with E-state index in [1.54, 1.807) is 4.90 Å². The molecule has 1 aliphatic carbocycles. The van der Waals surface area contributed by atoms with Crippen LogP contribution in [0.25, 0.3) is 0 Å². The topological polar surface area (TPSA) is 49.4 Å². The number of amides is 2. The lowest BCUT2D eigenvalue weighted by Gasteiger charge is -2.22. The molecule has 0 saturated carbocycles. The maximum Gasteiger partial charge on any atom is 0.239 e. The van der Waals surface area contributed by atoms with Crippen molar-refractivity contribution in [2.45, 2.75) is 58.9 Å². The molecular formula is C15H26N2O2. The Bertz CT molecular complexity index is 348. The van der Waals surface area contributed by atoms with Crippen LogP contribution in [-0.4, -0.2) is 35.8 Å². The summed E-state index contributed by atoms with van der Waals surface area (Å²) in [6, 6.07) is 0.113. The lowest BCUT2D eigenvalue weighted by atomic mass is 9.97. The van der Waals surface area contributed by atoms with Crippen LogP contribution in [0.1, 0.15) is 52.9 Å². The van der Waals surface area contributed by atoms with E-state index in [-0.39, 0.29) is 24.4 Å². The van der Waals surface area contributed by atoms with Gasteiger partial charge in [-0.05, 0) is 46.0 Å². The average Bonchev–Trinajstić information content (AvgIpc) is 2.34. The summed E-state index contributed by atoms with van der Waals surface area (Å²) in [5.74, 6) is -0.113. The molecule has 1 N–H and O–H groups in total. The van der Waals surface area contributed by atoms with Crippen molar-refractivity contribution in [2.75, 3.05) is 13.1 Å². The van der Waals surface area contributed by atoms with Crippen LogP contribution >= 0.6 is 0 Å². The first kappa shape index (κ1) is 15.7. The largest absolute Gasteiger partial charge is 0.352 e. The third kappa shape index (κ3) is 6.41. The molecule has 19 heavy (non-hydrogen) atoms. The molecule has 0 bridgehead atoms. The van der Waals surface area contributed by atoms with Crippen LogP contribution in [-0.2, 0) is 9.59 Å². The molecule has 0 fully saturated rings. The molecule has 2 amide bonds. The highest BCUT2D eigenvalue weighted by atomic mass is 16.2. The van der Waals surface area contributed by atoms with E-state index in [1.165, 1.54) is 25.3 Å². The zero-order chi connectivity index (χ0) is 14.3. The average molecular weight is 266 g/mol. The molecule has 0 radical (unpaired) electrons. The smallest absolute Gasteiger partial charge is 0.239 e.